The van der Waals surface area contributed by atoms with E-state index in [0.29, 0.717) is 18.1 Å². The summed E-state index contributed by atoms with van der Waals surface area (Å²) in [5.74, 6) is 0.840. The van der Waals surface area contributed by atoms with Crippen LogP contribution in [0.4, 0.5) is 5.13 Å². The van der Waals surface area contributed by atoms with E-state index in [-0.39, 0.29) is 5.91 Å². The summed E-state index contributed by atoms with van der Waals surface area (Å²) in [5, 5.41) is 10.9. The molecule has 130 valence electrons. The van der Waals surface area contributed by atoms with Gasteiger partial charge in [-0.05, 0) is 24.6 Å². The second-order valence-electron chi connectivity index (χ2n) is 5.54. The number of hydrogen-bond acceptors (Lipinski definition) is 5. The third-order valence-corrected chi connectivity index (χ3v) is 5.88. The lowest BCUT2D eigenvalue weighted by Gasteiger charge is -2.18. The summed E-state index contributed by atoms with van der Waals surface area (Å²) in [6.45, 7) is 2.54. The van der Waals surface area contributed by atoms with Crippen LogP contribution in [0.25, 0.3) is 10.2 Å². The number of anilines is 1. The normalized spacial score (nSPS) is 12.2. The number of nitrogens with zero attached hydrogens (tertiary/aromatic N) is 2. The minimum Gasteiger partial charge on any atom is -0.388 e. The molecule has 0 saturated carbocycles. The van der Waals surface area contributed by atoms with Gasteiger partial charge in [-0.3, -0.25) is 9.69 Å². The molecule has 1 aromatic heterocycles. The van der Waals surface area contributed by atoms with Crippen molar-refractivity contribution in [3.8, 4) is 0 Å². The van der Waals surface area contributed by atoms with Crippen LogP contribution < -0.4 is 4.90 Å². The standard InChI is InChI=1S/C19H20N2O2S2/c1-2-21(19-20-15-10-6-7-11-17(15)25-19)18(23)13-24-12-16(22)14-8-4-3-5-9-14/h3-11,16,22H,2,12-13H2,1H3. The molecule has 3 aromatic rings. The molecule has 2 aromatic carbocycles. The third-order valence-electron chi connectivity index (χ3n) is 3.82. The van der Waals surface area contributed by atoms with Gasteiger partial charge in [0.25, 0.3) is 0 Å². The first-order chi connectivity index (χ1) is 12.2. The van der Waals surface area contributed by atoms with E-state index in [4.69, 9.17) is 0 Å². The number of carbonyl (C=O) groups is 1. The lowest BCUT2D eigenvalue weighted by Crippen LogP contribution is -2.32. The molecule has 1 heterocycles. The molecule has 1 unspecified atom stereocenters. The van der Waals surface area contributed by atoms with Crippen LogP contribution in [0.15, 0.2) is 54.6 Å². The van der Waals surface area contributed by atoms with Gasteiger partial charge in [0.2, 0.25) is 5.91 Å². The molecular formula is C19H20N2O2S2. The molecule has 1 N–H and O–H groups in total. The number of aliphatic hydroxyl groups is 1. The van der Waals surface area contributed by atoms with E-state index in [1.807, 2.05) is 61.5 Å². The number of benzene rings is 2. The highest BCUT2D eigenvalue weighted by molar-refractivity contribution is 8.00. The summed E-state index contributed by atoms with van der Waals surface area (Å²) >= 11 is 2.98. The number of thioether (sulfide) groups is 1. The van der Waals surface area contributed by atoms with Gasteiger partial charge in [0.05, 0.1) is 22.1 Å². The molecule has 25 heavy (non-hydrogen) atoms. The number of para-hydroxylation sites is 1. The fourth-order valence-electron chi connectivity index (χ4n) is 2.50. The number of carbonyl (C=O) groups excluding carboxylic acids is 1. The van der Waals surface area contributed by atoms with Crippen LogP contribution in [0.2, 0.25) is 0 Å². The van der Waals surface area contributed by atoms with Gasteiger partial charge in [0, 0.05) is 12.3 Å². The summed E-state index contributed by atoms with van der Waals surface area (Å²) in [7, 11) is 0. The molecule has 0 aliphatic rings. The van der Waals surface area contributed by atoms with Crippen molar-refractivity contribution in [1.29, 1.82) is 0 Å². The highest BCUT2D eigenvalue weighted by atomic mass is 32.2. The Kier molecular flexibility index (Phi) is 6.07. The molecule has 0 aliphatic carbocycles. The second-order valence-corrected chi connectivity index (χ2v) is 7.58. The molecule has 0 spiro atoms. The molecule has 6 heteroatoms. The lowest BCUT2D eigenvalue weighted by molar-refractivity contribution is -0.116. The molecule has 4 nitrogen and oxygen atoms in total. The fraction of sp³-hybridized carbons (Fsp3) is 0.263. The summed E-state index contributed by atoms with van der Waals surface area (Å²) in [6, 6.07) is 17.4. The van der Waals surface area contributed by atoms with Gasteiger partial charge in [-0.25, -0.2) is 4.98 Å². The molecule has 0 aliphatic heterocycles. The van der Waals surface area contributed by atoms with Crippen LogP contribution in [-0.2, 0) is 4.79 Å². The second kappa shape index (κ2) is 8.47. The van der Waals surface area contributed by atoms with E-state index in [2.05, 4.69) is 4.98 Å². The Morgan fingerprint density at radius 1 is 1.20 bits per heavy atom. The van der Waals surface area contributed by atoms with Crippen molar-refractivity contribution in [2.24, 2.45) is 0 Å². The predicted molar refractivity (Wildman–Crippen MR) is 106 cm³/mol. The van der Waals surface area contributed by atoms with Crippen molar-refractivity contribution in [3.63, 3.8) is 0 Å². The van der Waals surface area contributed by atoms with Crippen molar-refractivity contribution in [2.45, 2.75) is 13.0 Å². The van der Waals surface area contributed by atoms with Gasteiger partial charge in [-0.15, -0.1) is 11.8 Å². The van der Waals surface area contributed by atoms with E-state index in [1.54, 1.807) is 4.90 Å². The van der Waals surface area contributed by atoms with Gasteiger partial charge in [0.1, 0.15) is 0 Å². The summed E-state index contributed by atoms with van der Waals surface area (Å²) in [6.07, 6.45) is -0.559. The zero-order valence-electron chi connectivity index (χ0n) is 14.0. The number of amides is 1. The van der Waals surface area contributed by atoms with Crippen LogP contribution in [0, 0.1) is 0 Å². The topological polar surface area (TPSA) is 53.4 Å². The van der Waals surface area contributed by atoms with Gasteiger partial charge >= 0.3 is 0 Å². The van der Waals surface area contributed by atoms with Gasteiger partial charge in [0.15, 0.2) is 5.13 Å². The quantitative estimate of drug-likeness (QED) is 0.678. The summed E-state index contributed by atoms with van der Waals surface area (Å²) < 4.78 is 1.08. The highest BCUT2D eigenvalue weighted by Crippen LogP contribution is 2.29. The molecule has 0 fully saturated rings. The maximum Gasteiger partial charge on any atom is 0.238 e. The zero-order chi connectivity index (χ0) is 17.6. The molecule has 1 atom stereocenters. The number of thiazole rings is 1. The van der Waals surface area contributed by atoms with Crippen molar-refractivity contribution >= 4 is 44.4 Å². The zero-order valence-corrected chi connectivity index (χ0v) is 15.6. The van der Waals surface area contributed by atoms with E-state index < -0.39 is 6.10 Å². The van der Waals surface area contributed by atoms with Crippen LogP contribution in [-0.4, -0.2) is 34.0 Å². The summed E-state index contributed by atoms with van der Waals surface area (Å²) in [4.78, 5) is 18.8. The van der Waals surface area contributed by atoms with Crippen LogP contribution in [0.5, 0.6) is 0 Å². The first-order valence-corrected chi connectivity index (χ1v) is 10.1. The van der Waals surface area contributed by atoms with Crippen molar-refractivity contribution in [3.05, 3.63) is 60.2 Å². The fourth-order valence-corrected chi connectivity index (χ4v) is 4.41. The average Bonchev–Trinajstić information content (AvgIpc) is 3.06. The van der Waals surface area contributed by atoms with Crippen molar-refractivity contribution in [2.75, 3.05) is 23.0 Å². The van der Waals surface area contributed by atoms with Crippen molar-refractivity contribution in [1.82, 2.24) is 4.98 Å². The van der Waals surface area contributed by atoms with Gasteiger partial charge < -0.3 is 5.11 Å². The van der Waals surface area contributed by atoms with Crippen LogP contribution in [0.1, 0.15) is 18.6 Å². The molecule has 0 bridgehead atoms. The largest absolute Gasteiger partial charge is 0.388 e. The number of hydrogen-bond donors (Lipinski definition) is 1. The molecular weight excluding hydrogens is 352 g/mol. The minimum atomic E-state index is -0.559. The number of aromatic nitrogens is 1. The van der Waals surface area contributed by atoms with Crippen molar-refractivity contribution < 1.29 is 9.90 Å². The van der Waals surface area contributed by atoms with Crippen LogP contribution in [0.3, 0.4) is 0 Å². The first kappa shape index (κ1) is 17.9. The van der Waals surface area contributed by atoms with E-state index in [0.717, 1.165) is 20.9 Å². The Balaban J connectivity index is 1.59. The maximum atomic E-state index is 12.6. The Morgan fingerprint density at radius 2 is 1.92 bits per heavy atom. The Labute approximate surface area is 155 Å². The average molecular weight is 373 g/mol. The maximum absolute atomic E-state index is 12.6. The molecule has 0 saturated heterocycles. The van der Waals surface area contributed by atoms with E-state index in [1.165, 1.54) is 23.1 Å². The van der Waals surface area contributed by atoms with Crippen LogP contribution >= 0.6 is 23.1 Å². The number of fused-ring (bicyclic) bond motifs is 1. The van der Waals surface area contributed by atoms with Gasteiger partial charge in [-0.1, -0.05) is 53.8 Å². The molecule has 1 amide bonds. The number of rotatable bonds is 7. The summed E-state index contributed by atoms with van der Waals surface area (Å²) in [5.41, 5.74) is 1.79. The third kappa shape index (κ3) is 4.39. The predicted octanol–water partition coefficient (Wildman–Crippen LogP) is 4.12. The monoisotopic (exact) mass is 372 g/mol. The Hall–Kier alpha value is -1.89. The number of aliphatic hydroxyl groups excluding tert-OH is 1. The Bertz CT molecular complexity index is 803. The Morgan fingerprint density at radius 3 is 2.64 bits per heavy atom. The van der Waals surface area contributed by atoms with Gasteiger partial charge in [-0.2, -0.15) is 0 Å². The molecule has 3 rings (SSSR count). The smallest absolute Gasteiger partial charge is 0.238 e. The van der Waals surface area contributed by atoms with E-state index in [9.17, 15) is 9.90 Å². The minimum absolute atomic E-state index is 0.0202. The SMILES string of the molecule is CCN(C(=O)CSCC(O)c1ccccc1)c1nc2ccccc2s1. The lowest BCUT2D eigenvalue weighted by atomic mass is 10.1. The van der Waals surface area contributed by atoms with E-state index >= 15 is 0 Å². The first-order valence-electron chi connectivity index (χ1n) is 8.15. The highest BCUT2D eigenvalue weighted by Gasteiger charge is 2.18. The molecule has 0 radical (unpaired) electrons.